The van der Waals surface area contributed by atoms with E-state index < -0.39 is 5.41 Å². The van der Waals surface area contributed by atoms with Gasteiger partial charge in [-0.15, -0.1) is 0 Å². The highest BCUT2D eigenvalue weighted by Gasteiger charge is 2.48. The van der Waals surface area contributed by atoms with E-state index in [0.29, 0.717) is 12.8 Å². The molecule has 0 aromatic heterocycles. The lowest BCUT2D eigenvalue weighted by molar-refractivity contribution is -0.132. The lowest BCUT2D eigenvalue weighted by Crippen LogP contribution is -2.56. The van der Waals surface area contributed by atoms with E-state index in [1.165, 1.54) is 25.7 Å². The van der Waals surface area contributed by atoms with Gasteiger partial charge in [0.15, 0.2) is 5.84 Å². The molecule has 0 radical (unpaired) electrons. The number of hydrogen-bond acceptors (Lipinski definition) is 3. The molecule has 2 aliphatic rings. The molecule has 1 amide bonds. The van der Waals surface area contributed by atoms with Gasteiger partial charge in [-0.05, 0) is 44.4 Å². The molecule has 0 saturated heterocycles. The molecule has 0 aromatic rings. The highest BCUT2D eigenvalue weighted by molar-refractivity contribution is 6.07. The maximum absolute atomic E-state index is 12.4. The van der Waals surface area contributed by atoms with E-state index >= 15 is 0 Å². The van der Waals surface area contributed by atoms with Crippen LogP contribution in [0.4, 0.5) is 0 Å². The molecule has 0 atom stereocenters. The summed E-state index contributed by atoms with van der Waals surface area (Å²) >= 11 is 0. The molecular formula is C15H27N3O2. The number of amides is 1. The quantitative estimate of drug-likeness (QED) is 0.313. The third-order valence-corrected chi connectivity index (χ3v) is 5.12. The van der Waals surface area contributed by atoms with Gasteiger partial charge in [0, 0.05) is 6.04 Å². The van der Waals surface area contributed by atoms with Crippen LogP contribution in [0.5, 0.6) is 0 Å². The van der Waals surface area contributed by atoms with Gasteiger partial charge >= 0.3 is 0 Å². The lowest BCUT2D eigenvalue weighted by atomic mass is 9.67. The molecule has 4 N–H and O–H groups in total. The van der Waals surface area contributed by atoms with E-state index in [1.807, 2.05) is 0 Å². The minimum absolute atomic E-state index is 0.0435. The van der Waals surface area contributed by atoms with E-state index in [0.717, 1.165) is 25.2 Å². The molecule has 0 bridgehead atoms. The highest BCUT2D eigenvalue weighted by atomic mass is 16.4. The molecular weight excluding hydrogens is 254 g/mol. The molecule has 0 spiro atoms. The molecule has 2 fully saturated rings. The number of oxime groups is 1. The number of rotatable bonds is 5. The SMILES string of the molecule is CCCC1CCC(NC(=O)C2(C(N)=NO)CCC2)CC1. The number of carbonyl (C=O) groups excluding carboxylic acids is 1. The second kappa shape index (κ2) is 6.46. The number of nitrogens with zero attached hydrogens (tertiary/aromatic N) is 1. The molecule has 114 valence electrons. The second-order valence-corrected chi connectivity index (χ2v) is 6.40. The summed E-state index contributed by atoms with van der Waals surface area (Å²) in [6.45, 7) is 2.23. The van der Waals surface area contributed by atoms with Gasteiger partial charge in [-0.1, -0.05) is 31.3 Å². The number of hydrogen-bond donors (Lipinski definition) is 3. The van der Waals surface area contributed by atoms with Gasteiger partial charge in [-0.3, -0.25) is 4.79 Å². The number of amidine groups is 1. The van der Waals surface area contributed by atoms with E-state index in [1.54, 1.807) is 0 Å². The van der Waals surface area contributed by atoms with E-state index in [9.17, 15) is 4.79 Å². The summed E-state index contributed by atoms with van der Waals surface area (Å²) in [4.78, 5) is 12.4. The molecule has 5 nitrogen and oxygen atoms in total. The first-order chi connectivity index (χ1) is 9.62. The number of carbonyl (C=O) groups is 1. The van der Waals surface area contributed by atoms with Gasteiger partial charge in [-0.25, -0.2) is 0 Å². The van der Waals surface area contributed by atoms with Crippen molar-refractivity contribution in [1.82, 2.24) is 5.32 Å². The first-order valence-electron chi connectivity index (χ1n) is 7.91. The van der Waals surface area contributed by atoms with Gasteiger partial charge in [0.2, 0.25) is 5.91 Å². The molecule has 0 aromatic carbocycles. The van der Waals surface area contributed by atoms with Crippen LogP contribution in [0.3, 0.4) is 0 Å². The van der Waals surface area contributed by atoms with Crippen LogP contribution < -0.4 is 11.1 Å². The van der Waals surface area contributed by atoms with Crippen LogP contribution in [0, 0.1) is 11.3 Å². The summed E-state index contributed by atoms with van der Waals surface area (Å²) in [7, 11) is 0. The topological polar surface area (TPSA) is 87.7 Å². The summed E-state index contributed by atoms with van der Waals surface area (Å²) in [5.41, 5.74) is 4.98. The molecule has 0 aliphatic heterocycles. The lowest BCUT2D eigenvalue weighted by Gasteiger charge is -2.40. The predicted octanol–water partition coefficient (Wildman–Crippen LogP) is 2.38. The summed E-state index contributed by atoms with van der Waals surface area (Å²) < 4.78 is 0. The Hall–Kier alpha value is -1.26. The molecule has 2 rings (SSSR count). The Morgan fingerprint density at radius 2 is 2.00 bits per heavy atom. The maximum Gasteiger partial charge on any atom is 0.234 e. The Morgan fingerprint density at radius 1 is 1.35 bits per heavy atom. The third kappa shape index (κ3) is 2.91. The molecule has 2 saturated carbocycles. The van der Waals surface area contributed by atoms with Crippen LogP contribution in [-0.2, 0) is 4.79 Å². The highest BCUT2D eigenvalue weighted by Crippen LogP contribution is 2.41. The molecule has 0 unspecified atom stereocenters. The fourth-order valence-corrected chi connectivity index (χ4v) is 3.55. The zero-order chi connectivity index (χ0) is 14.6. The second-order valence-electron chi connectivity index (χ2n) is 6.40. The Bertz CT molecular complexity index is 369. The van der Waals surface area contributed by atoms with Crippen LogP contribution in [0.15, 0.2) is 5.16 Å². The summed E-state index contributed by atoms with van der Waals surface area (Å²) in [5.74, 6) is 0.855. The van der Waals surface area contributed by atoms with Crippen LogP contribution >= 0.6 is 0 Å². The zero-order valence-corrected chi connectivity index (χ0v) is 12.4. The van der Waals surface area contributed by atoms with Crippen molar-refractivity contribution in [1.29, 1.82) is 0 Å². The first kappa shape index (κ1) is 15.1. The Balaban J connectivity index is 1.86. The van der Waals surface area contributed by atoms with Gasteiger partial charge in [0.1, 0.15) is 5.41 Å². The van der Waals surface area contributed by atoms with Gasteiger partial charge in [-0.2, -0.15) is 0 Å². The Morgan fingerprint density at radius 3 is 2.45 bits per heavy atom. The van der Waals surface area contributed by atoms with Crippen LogP contribution in [-0.4, -0.2) is 23.0 Å². The smallest absolute Gasteiger partial charge is 0.234 e. The fraction of sp³-hybridized carbons (Fsp3) is 0.867. The average Bonchev–Trinajstić information content (AvgIpc) is 2.39. The molecule has 5 heteroatoms. The van der Waals surface area contributed by atoms with Crippen molar-refractivity contribution in [2.45, 2.75) is 70.8 Å². The van der Waals surface area contributed by atoms with Crippen LogP contribution in [0.1, 0.15) is 64.7 Å². The van der Waals surface area contributed by atoms with E-state index in [-0.39, 0.29) is 17.8 Å². The van der Waals surface area contributed by atoms with Crippen molar-refractivity contribution < 1.29 is 10.0 Å². The first-order valence-corrected chi connectivity index (χ1v) is 7.91. The van der Waals surface area contributed by atoms with Crippen LogP contribution in [0.2, 0.25) is 0 Å². The van der Waals surface area contributed by atoms with Gasteiger partial charge in [0.25, 0.3) is 0 Å². The Labute approximate surface area is 121 Å². The maximum atomic E-state index is 12.4. The van der Waals surface area contributed by atoms with Gasteiger partial charge in [0.05, 0.1) is 0 Å². The Kier molecular flexibility index (Phi) is 4.89. The van der Waals surface area contributed by atoms with Crippen molar-refractivity contribution in [3.63, 3.8) is 0 Å². The summed E-state index contributed by atoms with van der Waals surface area (Å²) in [6, 6.07) is 0.263. The molecule has 2 aliphatic carbocycles. The fourth-order valence-electron chi connectivity index (χ4n) is 3.55. The monoisotopic (exact) mass is 281 g/mol. The van der Waals surface area contributed by atoms with E-state index in [2.05, 4.69) is 17.4 Å². The van der Waals surface area contributed by atoms with Crippen molar-refractivity contribution in [3.05, 3.63) is 0 Å². The number of nitrogens with two attached hydrogens (primary N) is 1. The normalized spacial score (nSPS) is 29.6. The van der Waals surface area contributed by atoms with Crippen molar-refractivity contribution in [2.24, 2.45) is 22.2 Å². The van der Waals surface area contributed by atoms with Gasteiger partial charge < -0.3 is 16.3 Å². The van der Waals surface area contributed by atoms with Crippen molar-refractivity contribution >= 4 is 11.7 Å². The van der Waals surface area contributed by atoms with E-state index in [4.69, 9.17) is 10.9 Å². The van der Waals surface area contributed by atoms with Crippen LogP contribution in [0.25, 0.3) is 0 Å². The van der Waals surface area contributed by atoms with Crippen molar-refractivity contribution in [3.8, 4) is 0 Å². The zero-order valence-electron chi connectivity index (χ0n) is 12.4. The standard InChI is InChI=1S/C15H27N3O2/c1-2-4-11-5-7-12(8-6-11)17-14(19)15(9-3-10-15)13(16)18-20/h11-12,20H,2-10H2,1H3,(H2,16,18)(H,17,19). The third-order valence-electron chi connectivity index (χ3n) is 5.12. The summed E-state index contributed by atoms with van der Waals surface area (Å²) in [5, 5.41) is 15.1. The summed E-state index contributed by atoms with van der Waals surface area (Å²) in [6.07, 6.45) is 9.42. The largest absolute Gasteiger partial charge is 0.409 e. The molecule has 0 heterocycles. The number of nitrogens with one attached hydrogen (secondary N) is 1. The minimum atomic E-state index is -0.741. The molecule has 20 heavy (non-hydrogen) atoms. The van der Waals surface area contributed by atoms with Crippen molar-refractivity contribution in [2.75, 3.05) is 0 Å². The average molecular weight is 281 g/mol. The predicted molar refractivity (Wildman–Crippen MR) is 78.5 cm³/mol. The minimum Gasteiger partial charge on any atom is -0.409 e.